The highest BCUT2D eigenvalue weighted by Crippen LogP contribution is 2.19. The zero-order chi connectivity index (χ0) is 13.0. The van der Waals surface area contributed by atoms with Gasteiger partial charge in [0.25, 0.3) is 0 Å². The minimum Gasteiger partial charge on any atom is -0.392 e. The predicted molar refractivity (Wildman–Crippen MR) is 70.5 cm³/mol. The lowest BCUT2D eigenvalue weighted by molar-refractivity contribution is 0.138. The minimum absolute atomic E-state index is 0.00999. The van der Waals surface area contributed by atoms with Crippen LogP contribution in [0.15, 0.2) is 18.2 Å². The van der Waals surface area contributed by atoms with Gasteiger partial charge in [0.05, 0.1) is 6.10 Å². The van der Waals surface area contributed by atoms with Crippen molar-refractivity contribution in [2.75, 3.05) is 13.6 Å². The highest BCUT2D eigenvalue weighted by Gasteiger charge is 2.08. The Bertz CT molecular complexity index is 407. The van der Waals surface area contributed by atoms with E-state index in [9.17, 15) is 5.11 Å². The van der Waals surface area contributed by atoms with Crippen molar-refractivity contribution in [3.8, 4) is 0 Å². The fourth-order valence-electron chi connectivity index (χ4n) is 1.65. The van der Waals surface area contributed by atoms with Gasteiger partial charge >= 0.3 is 0 Å². The van der Waals surface area contributed by atoms with E-state index in [0.717, 1.165) is 5.56 Å². The van der Waals surface area contributed by atoms with E-state index in [1.165, 1.54) is 0 Å². The van der Waals surface area contributed by atoms with Crippen LogP contribution in [0.5, 0.6) is 0 Å². The summed E-state index contributed by atoms with van der Waals surface area (Å²) in [6.45, 7) is 2.99. The third kappa shape index (κ3) is 4.34. The lowest BCUT2D eigenvalue weighted by Crippen LogP contribution is -2.26. The highest BCUT2D eigenvalue weighted by molar-refractivity contribution is 6.31. The molecule has 0 fully saturated rings. The first-order chi connectivity index (χ1) is 7.90. The van der Waals surface area contributed by atoms with Crippen molar-refractivity contribution in [3.63, 3.8) is 0 Å². The molecule has 0 aliphatic rings. The van der Waals surface area contributed by atoms with Gasteiger partial charge in [0, 0.05) is 23.7 Å². The fraction of sp³-hybridized carbons (Fsp3) is 0.417. The molecule has 0 amide bonds. The van der Waals surface area contributed by atoms with Crippen molar-refractivity contribution >= 4 is 17.4 Å². The molecule has 0 heterocycles. The topological polar surface area (TPSA) is 73.3 Å². The lowest BCUT2D eigenvalue weighted by atomic mass is 10.1. The average molecular weight is 256 g/mol. The SMILES string of the molecule is CC(O)CN(C)Cc1ccc(C(=N)N)cc1Cl. The molecule has 0 saturated heterocycles. The van der Waals surface area contributed by atoms with E-state index in [1.807, 2.05) is 18.0 Å². The maximum atomic E-state index is 9.27. The van der Waals surface area contributed by atoms with Gasteiger partial charge < -0.3 is 10.8 Å². The molecule has 4 N–H and O–H groups in total. The molecule has 1 unspecified atom stereocenters. The second kappa shape index (κ2) is 6.00. The summed E-state index contributed by atoms with van der Waals surface area (Å²) >= 11 is 6.11. The number of halogens is 1. The molecule has 94 valence electrons. The molecule has 0 bridgehead atoms. The number of nitrogens with zero attached hydrogens (tertiary/aromatic N) is 1. The van der Waals surface area contributed by atoms with E-state index in [0.29, 0.717) is 23.7 Å². The summed E-state index contributed by atoms with van der Waals surface area (Å²) in [7, 11) is 1.92. The number of hydrogen-bond donors (Lipinski definition) is 3. The van der Waals surface area contributed by atoms with Gasteiger partial charge in [-0.2, -0.15) is 0 Å². The standard InChI is InChI=1S/C12H18ClN3O/c1-8(17)6-16(2)7-10-4-3-9(12(14)15)5-11(10)13/h3-5,8,17H,6-7H2,1-2H3,(H3,14,15). The summed E-state index contributed by atoms with van der Waals surface area (Å²) in [6.07, 6.45) is -0.365. The van der Waals surface area contributed by atoms with Crippen molar-refractivity contribution in [1.82, 2.24) is 4.90 Å². The molecule has 0 aromatic heterocycles. The van der Waals surface area contributed by atoms with Gasteiger partial charge in [0.1, 0.15) is 5.84 Å². The second-order valence-corrected chi connectivity index (χ2v) is 4.67. The Morgan fingerprint density at radius 2 is 2.24 bits per heavy atom. The minimum atomic E-state index is -0.365. The van der Waals surface area contributed by atoms with Crippen molar-refractivity contribution < 1.29 is 5.11 Å². The molecular formula is C12H18ClN3O. The van der Waals surface area contributed by atoms with Crippen molar-refractivity contribution in [2.24, 2.45) is 5.73 Å². The van der Waals surface area contributed by atoms with Gasteiger partial charge in [0.2, 0.25) is 0 Å². The molecule has 17 heavy (non-hydrogen) atoms. The van der Waals surface area contributed by atoms with Crippen LogP contribution in [0, 0.1) is 5.41 Å². The number of amidine groups is 1. The molecule has 1 atom stereocenters. The number of benzene rings is 1. The van der Waals surface area contributed by atoms with Crippen LogP contribution in [0.3, 0.4) is 0 Å². The van der Waals surface area contributed by atoms with Crippen molar-refractivity contribution in [3.05, 3.63) is 34.3 Å². The first-order valence-electron chi connectivity index (χ1n) is 5.39. The largest absolute Gasteiger partial charge is 0.392 e. The maximum absolute atomic E-state index is 9.27. The average Bonchev–Trinajstić information content (AvgIpc) is 2.19. The number of hydrogen-bond acceptors (Lipinski definition) is 3. The summed E-state index contributed by atoms with van der Waals surface area (Å²) in [4.78, 5) is 1.99. The molecule has 1 rings (SSSR count). The van der Waals surface area contributed by atoms with Crippen molar-refractivity contribution in [1.29, 1.82) is 5.41 Å². The Morgan fingerprint density at radius 1 is 1.59 bits per heavy atom. The van der Waals surface area contributed by atoms with E-state index in [1.54, 1.807) is 19.1 Å². The number of nitrogen functional groups attached to an aromatic ring is 1. The molecule has 0 aliphatic heterocycles. The Balaban J connectivity index is 2.75. The van der Waals surface area contributed by atoms with Crippen molar-refractivity contribution in [2.45, 2.75) is 19.6 Å². The van der Waals surface area contributed by atoms with Gasteiger partial charge in [0.15, 0.2) is 0 Å². The lowest BCUT2D eigenvalue weighted by Gasteiger charge is -2.19. The molecule has 1 aromatic carbocycles. The molecule has 1 aromatic rings. The maximum Gasteiger partial charge on any atom is 0.122 e. The van der Waals surface area contributed by atoms with E-state index in [2.05, 4.69) is 0 Å². The van der Waals surface area contributed by atoms with Gasteiger partial charge in [-0.1, -0.05) is 23.7 Å². The van der Waals surface area contributed by atoms with Crippen LogP contribution in [0.4, 0.5) is 0 Å². The quantitative estimate of drug-likeness (QED) is 0.551. The zero-order valence-electron chi connectivity index (χ0n) is 10.1. The van der Waals surface area contributed by atoms with Gasteiger partial charge in [-0.3, -0.25) is 10.3 Å². The summed E-state index contributed by atoms with van der Waals surface area (Å²) in [6, 6.07) is 5.33. The smallest absolute Gasteiger partial charge is 0.122 e. The summed E-state index contributed by atoms with van der Waals surface area (Å²) in [5.74, 6) is 0.00999. The van der Waals surface area contributed by atoms with Crippen LogP contribution in [0.25, 0.3) is 0 Å². The molecule has 4 nitrogen and oxygen atoms in total. The van der Waals surface area contributed by atoms with Crippen LogP contribution >= 0.6 is 11.6 Å². The monoisotopic (exact) mass is 255 g/mol. The van der Waals surface area contributed by atoms with E-state index in [4.69, 9.17) is 22.7 Å². The van der Waals surface area contributed by atoms with E-state index in [-0.39, 0.29) is 11.9 Å². The van der Waals surface area contributed by atoms with Crippen LogP contribution in [0.1, 0.15) is 18.1 Å². The normalized spacial score (nSPS) is 12.8. The van der Waals surface area contributed by atoms with Crippen LogP contribution in [0.2, 0.25) is 5.02 Å². The number of nitrogens with two attached hydrogens (primary N) is 1. The molecule has 0 aliphatic carbocycles. The summed E-state index contributed by atoms with van der Waals surface area (Å²) in [5.41, 5.74) is 6.96. The Hall–Kier alpha value is -1.10. The Labute approximate surface area is 107 Å². The summed E-state index contributed by atoms with van der Waals surface area (Å²) in [5, 5.41) is 17.2. The molecule has 0 radical (unpaired) electrons. The Kier molecular flexibility index (Phi) is 4.93. The van der Waals surface area contributed by atoms with Crippen LogP contribution in [-0.2, 0) is 6.54 Å². The Morgan fingerprint density at radius 3 is 2.71 bits per heavy atom. The van der Waals surface area contributed by atoms with Crippen LogP contribution in [-0.4, -0.2) is 35.5 Å². The number of rotatable bonds is 5. The van der Waals surface area contributed by atoms with E-state index >= 15 is 0 Å². The number of nitrogens with one attached hydrogen (secondary N) is 1. The third-order valence-corrected chi connectivity index (χ3v) is 2.73. The van der Waals surface area contributed by atoms with Crippen LogP contribution < -0.4 is 5.73 Å². The fourth-order valence-corrected chi connectivity index (χ4v) is 1.89. The number of likely N-dealkylation sites (N-methyl/N-ethyl adjacent to an activating group) is 1. The van der Waals surface area contributed by atoms with Gasteiger partial charge in [-0.05, 0) is 25.6 Å². The summed E-state index contributed by atoms with van der Waals surface area (Å²) < 4.78 is 0. The first kappa shape index (κ1) is 14.0. The molecule has 0 saturated carbocycles. The number of aliphatic hydroxyl groups excluding tert-OH is 1. The highest BCUT2D eigenvalue weighted by atomic mass is 35.5. The van der Waals surface area contributed by atoms with Gasteiger partial charge in [-0.25, -0.2) is 0 Å². The number of aliphatic hydroxyl groups is 1. The third-order valence-electron chi connectivity index (χ3n) is 2.38. The first-order valence-corrected chi connectivity index (χ1v) is 5.77. The molecule has 5 heteroatoms. The molecule has 0 spiro atoms. The van der Waals surface area contributed by atoms with Gasteiger partial charge in [-0.15, -0.1) is 0 Å². The second-order valence-electron chi connectivity index (χ2n) is 4.27. The zero-order valence-corrected chi connectivity index (χ0v) is 10.8. The predicted octanol–water partition coefficient (Wildman–Crippen LogP) is 1.44. The molecular weight excluding hydrogens is 238 g/mol. The van der Waals surface area contributed by atoms with E-state index < -0.39 is 0 Å².